The molecule has 0 amide bonds. The van der Waals surface area contributed by atoms with Gasteiger partial charge in [0, 0.05) is 62.4 Å². The first-order chi connectivity index (χ1) is 17.7. The van der Waals surface area contributed by atoms with E-state index in [9.17, 15) is 9.90 Å². The van der Waals surface area contributed by atoms with E-state index in [4.69, 9.17) is 23.4 Å². The fourth-order valence-corrected chi connectivity index (χ4v) is 4.79. The van der Waals surface area contributed by atoms with Gasteiger partial charge in [-0.25, -0.2) is 0 Å². The molecule has 1 aromatic rings. The Kier molecular flexibility index (Phi) is 8.47. The van der Waals surface area contributed by atoms with E-state index in [1.807, 2.05) is 0 Å². The number of benzene rings is 2. The minimum atomic E-state index is -0.106. The zero-order chi connectivity index (χ0) is 24.7. The van der Waals surface area contributed by atoms with Gasteiger partial charge in [-0.2, -0.15) is 0 Å². The van der Waals surface area contributed by atoms with Gasteiger partial charge in [-0.15, -0.1) is 0 Å². The van der Waals surface area contributed by atoms with Crippen LogP contribution < -0.4 is 5.43 Å². The quantitative estimate of drug-likeness (QED) is 0.469. The summed E-state index contributed by atoms with van der Waals surface area (Å²) in [7, 11) is 0. The summed E-state index contributed by atoms with van der Waals surface area (Å²) in [5.74, 6) is 0.646. The van der Waals surface area contributed by atoms with Crippen LogP contribution in [0.4, 0.5) is 0 Å². The van der Waals surface area contributed by atoms with Crippen molar-refractivity contribution in [2.75, 3.05) is 79.0 Å². The minimum absolute atomic E-state index is 0.106. The third-order valence-electron chi connectivity index (χ3n) is 6.66. The zero-order valence-corrected chi connectivity index (χ0v) is 20.6. The van der Waals surface area contributed by atoms with Gasteiger partial charge in [-0.1, -0.05) is 0 Å². The van der Waals surface area contributed by atoms with Crippen LogP contribution in [0.2, 0.25) is 0 Å². The number of nitrogens with zero attached hydrogens (tertiary/aromatic N) is 2. The number of phenols is 1. The lowest BCUT2D eigenvalue weighted by Gasteiger charge is -2.24. The average molecular weight is 499 g/mol. The van der Waals surface area contributed by atoms with Crippen LogP contribution in [0, 0.1) is 0 Å². The Balaban J connectivity index is 1.62. The second kappa shape index (κ2) is 12.1. The van der Waals surface area contributed by atoms with Gasteiger partial charge in [0.05, 0.1) is 52.9 Å². The molecule has 4 bridgehead atoms. The van der Waals surface area contributed by atoms with Gasteiger partial charge in [0.1, 0.15) is 17.1 Å². The second-order valence-corrected chi connectivity index (χ2v) is 9.26. The summed E-state index contributed by atoms with van der Waals surface area (Å²) in [4.78, 5) is 17.1. The van der Waals surface area contributed by atoms with Crippen LogP contribution in [0.5, 0.6) is 5.75 Å². The highest BCUT2D eigenvalue weighted by Crippen LogP contribution is 2.34. The maximum Gasteiger partial charge on any atom is 0.182 e. The lowest BCUT2D eigenvalue weighted by molar-refractivity contribution is 0.00631. The van der Waals surface area contributed by atoms with Gasteiger partial charge in [0.2, 0.25) is 0 Å². The minimum Gasteiger partial charge on any atom is -0.508 e. The molecule has 1 N–H and O–H groups in total. The molecule has 5 rings (SSSR count). The number of ether oxygens (including phenoxy) is 4. The summed E-state index contributed by atoms with van der Waals surface area (Å²) in [6.45, 7) is 8.34. The molecule has 0 fully saturated rings. The molecule has 0 radical (unpaired) electrons. The number of hydrogen-bond acceptors (Lipinski definition) is 9. The summed E-state index contributed by atoms with van der Waals surface area (Å²) in [6.07, 6.45) is 0. The molecule has 0 saturated heterocycles. The molecule has 3 heterocycles. The summed E-state index contributed by atoms with van der Waals surface area (Å²) >= 11 is 0. The van der Waals surface area contributed by atoms with Crippen LogP contribution in [-0.4, -0.2) is 93.9 Å². The average Bonchev–Trinajstić information content (AvgIpc) is 2.84. The number of fused-ring (bicyclic) bond motifs is 2. The van der Waals surface area contributed by atoms with E-state index in [2.05, 4.69) is 15.9 Å². The van der Waals surface area contributed by atoms with Crippen LogP contribution in [-0.2, 0) is 32.0 Å². The predicted molar refractivity (Wildman–Crippen MR) is 135 cm³/mol. The fraction of sp³-hybridized carbons (Fsp3) is 0.519. The maximum absolute atomic E-state index is 12.6. The molecule has 194 valence electrons. The molecule has 0 atom stereocenters. The fourth-order valence-electron chi connectivity index (χ4n) is 4.79. The molecular weight excluding hydrogens is 464 g/mol. The van der Waals surface area contributed by atoms with E-state index in [1.54, 1.807) is 18.2 Å². The van der Waals surface area contributed by atoms with E-state index < -0.39 is 0 Å². The van der Waals surface area contributed by atoms with Crippen LogP contribution >= 0.6 is 0 Å². The molecular formula is C27H34N2O7. The Hall–Kier alpha value is -2.53. The Morgan fingerprint density at radius 3 is 1.78 bits per heavy atom. The van der Waals surface area contributed by atoms with Gasteiger partial charge < -0.3 is 28.5 Å². The van der Waals surface area contributed by atoms with Crippen LogP contribution in [0.25, 0.3) is 22.3 Å². The molecule has 0 unspecified atom stereocenters. The Bertz CT molecular complexity index is 1160. The summed E-state index contributed by atoms with van der Waals surface area (Å²) < 4.78 is 29.5. The van der Waals surface area contributed by atoms with Gasteiger partial charge >= 0.3 is 0 Å². The lowest BCUT2D eigenvalue weighted by atomic mass is 9.98. The number of phenolic OH excluding ortho intramolecular Hbond substituents is 1. The first-order valence-corrected chi connectivity index (χ1v) is 12.6. The summed E-state index contributed by atoms with van der Waals surface area (Å²) in [5.41, 5.74) is 3.19. The van der Waals surface area contributed by atoms with E-state index in [0.29, 0.717) is 103 Å². The number of rotatable bonds is 0. The normalized spacial score (nSPS) is 23.4. The standard InChI is InChI=1S/C27H34N2O7/c30-22-13-20-18-28-1-5-32-9-10-34-7-3-29(4-8-35-12-11-33-6-2-28)19-21-14-23(31)16-27-25(21)17-24(20)26(15-22)36-27/h13-17,30H,1-12,18-19H2. The smallest absolute Gasteiger partial charge is 0.182 e. The van der Waals surface area contributed by atoms with E-state index >= 15 is 0 Å². The Labute approximate surface area is 210 Å². The number of aromatic hydroxyl groups is 1. The van der Waals surface area contributed by atoms with Crippen LogP contribution in [0.1, 0.15) is 11.1 Å². The molecule has 3 aliphatic heterocycles. The van der Waals surface area contributed by atoms with E-state index in [0.717, 1.165) is 22.1 Å². The lowest BCUT2D eigenvalue weighted by Crippen LogP contribution is -2.32. The van der Waals surface area contributed by atoms with Gasteiger partial charge in [0.25, 0.3) is 0 Å². The Morgan fingerprint density at radius 1 is 0.639 bits per heavy atom. The first-order valence-electron chi connectivity index (χ1n) is 12.6. The van der Waals surface area contributed by atoms with Crippen molar-refractivity contribution in [1.29, 1.82) is 0 Å². The highest BCUT2D eigenvalue weighted by Gasteiger charge is 2.19. The third kappa shape index (κ3) is 6.42. The largest absolute Gasteiger partial charge is 0.508 e. The Morgan fingerprint density at radius 2 is 1.19 bits per heavy atom. The van der Waals surface area contributed by atoms with Gasteiger partial charge in [-0.05, 0) is 29.3 Å². The SMILES string of the molecule is O=c1cc2oc3cc(O)cc4c3cc-2c(c1)CN1CCOCCOCCN(CCOCCOCC1)C4. The topological polar surface area (TPSA) is 93.8 Å². The highest BCUT2D eigenvalue weighted by molar-refractivity contribution is 5.87. The molecule has 9 heteroatoms. The van der Waals surface area contributed by atoms with E-state index in [1.165, 1.54) is 6.07 Å². The van der Waals surface area contributed by atoms with Crippen molar-refractivity contribution in [3.8, 4) is 17.1 Å². The van der Waals surface area contributed by atoms with Crippen LogP contribution in [0.3, 0.4) is 0 Å². The summed E-state index contributed by atoms with van der Waals surface area (Å²) in [5, 5.41) is 11.4. The second-order valence-electron chi connectivity index (χ2n) is 9.26. The molecule has 1 aromatic carbocycles. The predicted octanol–water partition coefficient (Wildman–Crippen LogP) is 2.30. The van der Waals surface area contributed by atoms with Crippen molar-refractivity contribution in [3.63, 3.8) is 0 Å². The molecule has 9 nitrogen and oxygen atoms in total. The number of hydrogen-bond donors (Lipinski definition) is 1. The molecule has 0 aromatic heterocycles. The molecule has 36 heavy (non-hydrogen) atoms. The van der Waals surface area contributed by atoms with Crippen molar-refractivity contribution in [1.82, 2.24) is 9.80 Å². The third-order valence-corrected chi connectivity index (χ3v) is 6.66. The molecule has 4 aliphatic rings. The zero-order valence-electron chi connectivity index (χ0n) is 20.6. The van der Waals surface area contributed by atoms with Crippen molar-refractivity contribution < 1.29 is 28.5 Å². The van der Waals surface area contributed by atoms with Crippen molar-refractivity contribution in [2.24, 2.45) is 0 Å². The maximum atomic E-state index is 12.6. The molecule has 0 saturated carbocycles. The van der Waals surface area contributed by atoms with Gasteiger partial charge in [-0.3, -0.25) is 14.6 Å². The molecule has 0 spiro atoms. The van der Waals surface area contributed by atoms with Crippen LogP contribution in [0.15, 0.2) is 39.5 Å². The van der Waals surface area contributed by atoms with Crippen molar-refractivity contribution >= 4 is 11.0 Å². The van der Waals surface area contributed by atoms with Crippen molar-refractivity contribution in [2.45, 2.75) is 13.1 Å². The van der Waals surface area contributed by atoms with Crippen molar-refractivity contribution in [3.05, 3.63) is 51.7 Å². The summed E-state index contributed by atoms with van der Waals surface area (Å²) in [6, 6.07) is 8.69. The highest BCUT2D eigenvalue weighted by atomic mass is 16.5. The first kappa shape index (κ1) is 25.1. The van der Waals surface area contributed by atoms with Gasteiger partial charge in [0.15, 0.2) is 5.43 Å². The molecule has 1 aliphatic carbocycles. The van der Waals surface area contributed by atoms with E-state index in [-0.39, 0.29) is 11.2 Å². The monoisotopic (exact) mass is 498 g/mol.